The van der Waals surface area contributed by atoms with Crippen molar-refractivity contribution in [3.63, 3.8) is 0 Å². The number of hydrogen-bond acceptors (Lipinski definition) is 5. The molecule has 0 N–H and O–H groups in total. The molecule has 1 rings (SSSR count). The van der Waals surface area contributed by atoms with Gasteiger partial charge in [-0.2, -0.15) is 0 Å². The van der Waals surface area contributed by atoms with E-state index in [9.17, 15) is 9.59 Å². The summed E-state index contributed by atoms with van der Waals surface area (Å²) in [5.74, 6) is -0.250. The molecule has 0 heterocycles. The number of carbonyl (C=O) groups is 2. The highest BCUT2D eigenvalue weighted by molar-refractivity contribution is 5.74. The standard InChI is InChI=1S/C12H14O5/c1-9(2)16-11(13)8-15-12(14)17-10-6-4-3-5-7-10/h3-7,9H,8H2,1-2H3. The second kappa shape index (κ2) is 6.52. The zero-order chi connectivity index (χ0) is 12.7. The predicted octanol–water partition coefficient (Wildman–Crippen LogP) is 2.15. The molecule has 0 amide bonds. The van der Waals surface area contributed by atoms with E-state index in [0.29, 0.717) is 5.75 Å². The van der Waals surface area contributed by atoms with E-state index in [-0.39, 0.29) is 6.10 Å². The van der Waals surface area contributed by atoms with Crippen molar-refractivity contribution in [1.29, 1.82) is 0 Å². The SMILES string of the molecule is CC(C)OC(=O)COC(=O)Oc1ccccc1. The molecule has 0 saturated carbocycles. The Morgan fingerprint density at radius 2 is 1.82 bits per heavy atom. The second-order valence-electron chi connectivity index (χ2n) is 3.49. The number of ether oxygens (including phenoxy) is 3. The Kier molecular flexibility index (Phi) is 5.00. The lowest BCUT2D eigenvalue weighted by atomic mass is 10.3. The number of carbonyl (C=O) groups excluding carboxylic acids is 2. The zero-order valence-electron chi connectivity index (χ0n) is 9.71. The zero-order valence-corrected chi connectivity index (χ0v) is 9.71. The first-order chi connectivity index (χ1) is 8.08. The second-order valence-corrected chi connectivity index (χ2v) is 3.49. The van der Waals surface area contributed by atoms with Gasteiger partial charge in [0, 0.05) is 0 Å². The van der Waals surface area contributed by atoms with E-state index >= 15 is 0 Å². The summed E-state index contributed by atoms with van der Waals surface area (Å²) in [5.41, 5.74) is 0. The Hall–Kier alpha value is -2.04. The largest absolute Gasteiger partial charge is 0.514 e. The summed E-state index contributed by atoms with van der Waals surface area (Å²) in [6, 6.07) is 8.44. The molecule has 17 heavy (non-hydrogen) atoms. The van der Waals surface area contributed by atoms with Crippen molar-refractivity contribution >= 4 is 12.1 Å². The van der Waals surface area contributed by atoms with E-state index in [1.165, 1.54) is 0 Å². The maximum atomic E-state index is 11.2. The van der Waals surface area contributed by atoms with Gasteiger partial charge < -0.3 is 14.2 Å². The maximum Gasteiger partial charge on any atom is 0.514 e. The molecule has 5 heteroatoms. The summed E-state index contributed by atoms with van der Waals surface area (Å²) < 4.78 is 14.2. The van der Waals surface area contributed by atoms with Crippen LogP contribution < -0.4 is 4.74 Å². The summed E-state index contributed by atoms with van der Waals surface area (Å²) in [6.07, 6.45) is -1.17. The summed E-state index contributed by atoms with van der Waals surface area (Å²) in [7, 11) is 0. The van der Waals surface area contributed by atoms with Gasteiger partial charge in [0.25, 0.3) is 0 Å². The Labute approximate surface area is 99.3 Å². The maximum absolute atomic E-state index is 11.2. The number of hydrogen-bond donors (Lipinski definition) is 0. The van der Waals surface area contributed by atoms with Crippen LogP contribution in [0.4, 0.5) is 4.79 Å². The van der Waals surface area contributed by atoms with Gasteiger partial charge in [0.15, 0.2) is 6.61 Å². The highest BCUT2D eigenvalue weighted by atomic mass is 16.7. The lowest BCUT2D eigenvalue weighted by Gasteiger charge is -2.08. The van der Waals surface area contributed by atoms with E-state index in [1.807, 2.05) is 0 Å². The van der Waals surface area contributed by atoms with Crippen molar-refractivity contribution in [2.45, 2.75) is 20.0 Å². The van der Waals surface area contributed by atoms with Crippen LogP contribution in [0.25, 0.3) is 0 Å². The molecule has 0 aromatic heterocycles. The molecule has 0 aliphatic rings. The summed E-state index contributed by atoms with van der Waals surface area (Å²) in [4.78, 5) is 22.2. The van der Waals surface area contributed by atoms with Crippen molar-refractivity contribution in [2.75, 3.05) is 6.61 Å². The van der Waals surface area contributed by atoms with Crippen LogP contribution in [0.5, 0.6) is 5.75 Å². The quantitative estimate of drug-likeness (QED) is 0.594. The molecular formula is C12H14O5. The number of rotatable bonds is 4. The normalized spacial score (nSPS) is 9.82. The van der Waals surface area contributed by atoms with Gasteiger partial charge in [-0.25, -0.2) is 9.59 Å². The minimum atomic E-state index is -0.933. The van der Waals surface area contributed by atoms with Crippen LogP contribution in [0.1, 0.15) is 13.8 Å². The molecule has 92 valence electrons. The van der Waals surface area contributed by atoms with Gasteiger partial charge >= 0.3 is 12.1 Å². The van der Waals surface area contributed by atoms with Gasteiger partial charge in [-0.3, -0.25) is 0 Å². The van der Waals surface area contributed by atoms with Gasteiger partial charge in [-0.05, 0) is 26.0 Å². The lowest BCUT2D eigenvalue weighted by Crippen LogP contribution is -2.21. The van der Waals surface area contributed by atoms with E-state index in [0.717, 1.165) is 0 Å². The molecule has 0 unspecified atom stereocenters. The summed E-state index contributed by atoms with van der Waals surface area (Å²) >= 11 is 0. The Bertz CT molecular complexity index is 372. The molecule has 0 aliphatic carbocycles. The molecule has 1 aromatic rings. The molecule has 0 aliphatic heterocycles. The topological polar surface area (TPSA) is 61.8 Å². The van der Waals surface area contributed by atoms with E-state index in [2.05, 4.69) is 4.74 Å². The predicted molar refractivity (Wildman–Crippen MR) is 59.6 cm³/mol. The first-order valence-electron chi connectivity index (χ1n) is 5.17. The van der Waals surface area contributed by atoms with Crippen LogP contribution in [0, 0.1) is 0 Å². The third kappa shape index (κ3) is 5.55. The molecular weight excluding hydrogens is 224 g/mol. The highest BCUT2D eigenvalue weighted by Gasteiger charge is 2.11. The van der Waals surface area contributed by atoms with E-state index in [1.54, 1.807) is 44.2 Å². The molecule has 0 atom stereocenters. The van der Waals surface area contributed by atoms with Crippen molar-refractivity contribution < 1.29 is 23.8 Å². The van der Waals surface area contributed by atoms with Crippen LogP contribution in [-0.2, 0) is 14.3 Å². The fraction of sp³-hybridized carbons (Fsp3) is 0.333. The van der Waals surface area contributed by atoms with Crippen LogP contribution in [0.2, 0.25) is 0 Å². The molecule has 0 bridgehead atoms. The van der Waals surface area contributed by atoms with Crippen LogP contribution >= 0.6 is 0 Å². The van der Waals surface area contributed by atoms with Gasteiger partial charge in [0.1, 0.15) is 5.75 Å². The van der Waals surface area contributed by atoms with Crippen molar-refractivity contribution in [3.8, 4) is 5.75 Å². The molecule has 0 spiro atoms. The van der Waals surface area contributed by atoms with Crippen molar-refractivity contribution in [1.82, 2.24) is 0 Å². The van der Waals surface area contributed by atoms with Gasteiger partial charge in [0.05, 0.1) is 6.10 Å². The Balaban J connectivity index is 2.29. The van der Waals surface area contributed by atoms with Gasteiger partial charge in [-0.1, -0.05) is 18.2 Å². The Morgan fingerprint density at radius 3 is 2.41 bits per heavy atom. The average Bonchev–Trinajstić information content (AvgIpc) is 2.27. The number of para-hydroxylation sites is 1. The van der Waals surface area contributed by atoms with Crippen LogP contribution in [0.15, 0.2) is 30.3 Å². The minimum Gasteiger partial charge on any atom is -0.460 e. The van der Waals surface area contributed by atoms with Crippen molar-refractivity contribution in [2.24, 2.45) is 0 Å². The van der Waals surface area contributed by atoms with Crippen LogP contribution in [0.3, 0.4) is 0 Å². The molecule has 0 fully saturated rings. The first kappa shape index (κ1) is 13.0. The third-order valence-electron chi connectivity index (χ3n) is 1.62. The Morgan fingerprint density at radius 1 is 1.18 bits per heavy atom. The first-order valence-corrected chi connectivity index (χ1v) is 5.17. The molecule has 0 saturated heterocycles. The smallest absolute Gasteiger partial charge is 0.460 e. The third-order valence-corrected chi connectivity index (χ3v) is 1.62. The average molecular weight is 238 g/mol. The van der Waals surface area contributed by atoms with Crippen molar-refractivity contribution in [3.05, 3.63) is 30.3 Å². The highest BCUT2D eigenvalue weighted by Crippen LogP contribution is 2.08. The molecule has 5 nitrogen and oxygen atoms in total. The molecule has 1 aromatic carbocycles. The van der Waals surface area contributed by atoms with E-state index in [4.69, 9.17) is 9.47 Å². The fourth-order valence-electron chi connectivity index (χ4n) is 1.03. The number of benzene rings is 1. The summed E-state index contributed by atoms with van der Waals surface area (Å²) in [5, 5.41) is 0. The van der Waals surface area contributed by atoms with Crippen LogP contribution in [-0.4, -0.2) is 24.8 Å². The summed E-state index contributed by atoms with van der Waals surface area (Å²) in [6.45, 7) is 2.96. The monoisotopic (exact) mass is 238 g/mol. The van der Waals surface area contributed by atoms with Gasteiger partial charge in [0.2, 0.25) is 0 Å². The molecule has 0 radical (unpaired) electrons. The fourth-order valence-corrected chi connectivity index (χ4v) is 1.03. The van der Waals surface area contributed by atoms with E-state index < -0.39 is 18.7 Å². The van der Waals surface area contributed by atoms with Gasteiger partial charge in [-0.15, -0.1) is 0 Å². The minimum absolute atomic E-state index is 0.240. The lowest BCUT2D eigenvalue weighted by molar-refractivity contribution is -0.151. The number of esters is 1.